The third kappa shape index (κ3) is 8.66. The highest BCUT2D eigenvalue weighted by Crippen LogP contribution is 2.31. The zero-order valence-corrected chi connectivity index (χ0v) is 27.1. The third-order valence-electron chi connectivity index (χ3n) is 8.65. The molecule has 1 aliphatic rings. The van der Waals surface area contributed by atoms with Gasteiger partial charge in [-0.3, -0.25) is 9.69 Å². The van der Waals surface area contributed by atoms with Gasteiger partial charge in [0.25, 0.3) is 5.56 Å². The number of nitrogens with zero attached hydrogens (tertiary/aromatic N) is 4. The second-order valence-corrected chi connectivity index (χ2v) is 12.6. The highest BCUT2D eigenvalue weighted by Gasteiger charge is 2.30. The van der Waals surface area contributed by atoms with Crippen molar-refractivity contribution in [2.24, 2.45) is 0 Å². The predicted molar refractivity (Wildman–Crippen MR) is 176 cm³/mol. The summed E-state index contributed by atoms with van der Waals surface area (Å²) in [6.45, 7) is 10.2. The van der Waals surface area contributed by atoms with Gasteiger partial charge in [-0.05, 0) is 78.9 Å². The van der Waals surface area contributed by atoms with Gasteiger partial charge in [0.1, 0.15) is 5.82 Å². The highest BCUT2D eigenvalue weighted by molar-refractivity contribution is 7.98. The van der Waals surface area contributed by atoms with Gasteiger partial charge in [0.05, 0.1) is 5.56 Å². The Labute approximate surface area is 272 Å². The summed E-state index contributed by atoms with van der Waals surface area (Å²) in [4.78, 5) is 22.2. The molecule has 1 aliphatic carbocycles. The molecule has 0 aliphatic heterocycles. The van der Waals surface area contributed by atoms with E-state index in [9.17, 15) is 22.4 Å². The molecule has 244 valence electrons. The van der Waals surface area contributed by atoms with E-state index in [1.807, 2.05) is 24.3 Å². The Morgan fingerprint density at radius 1 is 0.804 bits per heavy atom. The predicted octanol–water partition coefficient (Wildman–Crippen LogP) is 7.69. The Balaban J connectivity index is 1.33. The SMILES string of the molecule is CCN(CC)CCN(CCn1c(SCc2ccc(F)cc2)nc(=O)c2c1CCC2)Cc1ccc(-c2ccc(C(F)(F)F)cc2)cc1. The fourth-order valence-corrected chi connectivity index (χ4v) is 6.89. The molecule has 1 aromatic heterocycles. The van der Waals surface area contributed by atoms with Crippen LogP contribution in [-0.2, 0) is 37.9 Å². The lowest BCUT2D eigenvalue weighted by Gasteiger charge is -2.28. The van der Waals surface area contributed by atoms with Crippen LogP contribution in [0.2, 0.25) is 0 Å². The van der Waals surface area contributed by atoms with Crippen LogP contribution in [0.15, 0.2) is 82.7 Å². The summed E-state index contributed by atoms with van der Waals surface area (Å²) in [5.41, 5.74) is 4.78. The number of hydrogen-bond acceptors (Lipinski definition) is 5. The lowest BCUT2D eigenvalue weighted by molar-refractivity contribution is -0.137. The molecule has 0 atom stereocenters. The Bertz CT molecular complexity index is 1630. The minimum Gasteiger partial charge on any atom is -0.323 e. The molecule has 0 fully saturated rings. The van der Waals surface area contributed by atoms with E-state index in [-0.39, 0.29) is 11.4 Å². The van der Waals surface area contributed by atoms with Gasteiger partial charge in [0, 0.05) is 49.7 Å². The first-order valence-corrected chi connectivity index (χ1v) is 16.8. The fourth-order valence-electron chi connectivity index (χ4n) is 5.90. The van der Waals surface area contributed by atoms with Gasteiger partial charge in [-0.1, -0.05) is 74.1 Å². The Morgan fingerprint density at radius 2 is 1.41 bits per heavy atom. The topological polar surface area (TPSA) is 41.4 Å². The summed E-state index contributed by atoms with van der Waals surface area (Å²) in [7, 11) is 0. The van der Waals surface area contributed by atoms with E-state index in [4.69, 9.17) is 0 Å². The molecule has 0 saturated heterocycles. The molecule has 0 unspecified atom stereocenters. The first-order valence-electron chi connectivity index (χ1n) is 15.9. The van der Waals surface area contributed by atoms with Gasteiger partial charge < -0.3 is 9.47 Å². The molecule has 46 heavy (non-hydrogen) atoms. The van der Waals surface area contributed by atoms with E-state index in [1.165, 1.54) is 36.0 Å². The summed E-state index contributed by atoms with van der Waals surface area (Å²) in [6, 6.07) is 19.7. The Kier molecular flexibility index (Phi) is 11.4. The number of fused-ring (bicyclic) bond motifs is 1. The summed E-state index contributed by atoms with van der Waals surface area (Å²) < 4.78 is 54.7. The number of benzene rings is 3. The van der Waals surface area contributed by atoms with E-state index in [1.54, 1.807) is 12.1 Å². The number of aromatic nitrogens is 2. The molecule has 0 saturated carbocycles. The van der Waals surface area contributed by atoms with E-state index >= 15 is 0 Å². The Morgan fingerprint density at radius 3 is 2.04 bits per heavy atom. The van der Waals surface area contributed by atoms with Crippen molar-refractivity contribution in [3.05, 3.63) is 117 Å². The van der Waals surface area contributed by atoms with Crippen LogP contribution in [0.3, 0.4) is 0 Å². The van der Waals surface area contributed by atoms with Crippen molar-refractivity contribution in [1.82, 2.24) is 19.4 Å². The molecule has 10 heteroatoms. The number of thioether (sulfide) groups is 1. The fraction of sp³-hybridized carbons (Fsp3) is 0.389. The van der Waals surface area contributed by atoms with Crippen molar-refractivity contribution < 1.29 is 17.6 Å². The first-order chi connectivity index (χ1) is 22.1. The zero-order valence-electron chi connectivity index (χ0n) is 26.3. The quantitative estimate of drug-likeness (QED) is 0.0794. The molecule has 3 aromatic carbocycles. The van der Waals surface area contributed by atoms with Crippen LogP contribution >= 0.6 is 11.8 Å². The minimum atomic E-state index is -4.36. The molecule has 5 rings (SSSR count). The maximum Gasteiger partial charge on any atom is 0.416 e. The van der Waals surface area contributed by atoms with Crippen LogP contribution < -0.4 is 5.56 Å². The van der Waals surface area contributed by atoms with E-state index in [0.29, 0.717) is 24.0 Å². The standard InChI is InChI=1S/C36H40F4N4OS/c1-3-42(4-2)20-21-43(24-26-8-12-28(13-9-26)29-14-16-30(17-15-29)36(38,39)40)22-23-44-33-7-5-6-32(33)34(45)41-35(44)46-25-27-10-18-31(37)19-11-27/h8-19H,3-7,20-25H2,1-2H3. The molecule has 4 aromatic rings. The van der Waals surface area contributed by atoms with Crippen molar-refractivity contribution in [1.29, 1.82) is 0 Å². The molecule has 0 N–H and O–H groups in total. The van der Waals surface area contributed by atoms with Gasteiger partial charge in [-0.2, -0.15) is 18.2 Å². The zero-order chi connectivity index (χ0) is 32.7. The van der Waals surface area contributed by atoms with Gasteiger partial charge in [0.15, 0.2) is 5.16 Å². The molecule has 0 radical (unpaired) electrons. The third-order valence-corrected chi connectivity index (χ3v) is 9.70. The Hall–Kier alpha value is -3.47. The van der Waals surface area contributed by atoms with Crippen LogP contribution in [-0.4, -0.2) is 52.1 Å². The minimum absolute atomic E-state index is 0.142. The highest BCUT2D eigenvalue weighted by atomic mass is 32.2. The molecule has 0 bridgehead atoms. The van der Waals surface area contributed by atoms with Crippen LogP contribution in [0.4, 0.5) is 17.6 Å². The summed E-state index contributed by atoms with van der Waals surface area (Å²) in [6.07, 6.45) is -1.82. The van der Waals surface area contributed by atoms with Gasteiger partial charge in [0.2, 0.25) is 0 Å². The molecule has 1 heterocycles. The maximum absolute atomic E-state index is 13.4. The largest absolute Gasteiger partial charge is 0.416 e. The number of likely N-dealkylation sites (N-methyl/N-ethyl adjacent to an activating group) is 1. The number of rotatable bonds is 14. The van der Waals surface area contributed by atoms with Gasteiger partial charge in [-0.25, -0.2) is 4.39 Å². The van der Waals surface area contributed by atoms with Gasteiger partial charge in [-0.15, -0.1) is 0 Å². The number of halogens is 4. The second kappa shape index (κ2) is 15.4. The smallest absolute Gasteiger partial charge is 0.323 e. The van der Waals surface area contributed by atoms with E-state index in [2.05, 4.69) is 33.2 Å². The van der Waals surface area contributed by atoms with Crippen LogP contribution in [0.5, 0.6) is 0 Å². The lowest BCUT2D eigenvalue weighted by Crippen LogP contribution is -2.37. The van der Waals surface area contributed by atoms with Gasteiger partial charge >= 0.3 is 6.18 Å². The van der Waals surface area contributed by atoms with Crippen molar-refractivity contribution in [3.63, 3.8) is 0 Å². The van der Waals surface area contributed by atoms with Crippen molar-refractivity contribution in [3.8, 4) is 11.1 Å². The van der Waals surface area contributed by atoms with Crippen molar-refractivity contribution >= 4 is 11.8 Å². The molecule has 0 spiro atoms. The van der Waals surface area contributed by atoms with Crippen LogP contribution in [0.25, 0.3) is 11.1 Å². The summed E-state index contributed by atoms with van der Waals surface area (Å²) >= 11 is 1.51. The monoisotopic (exact) mass is 652 g/mol. The summed E-state index contributed by atoms with van der Waals surface area (Å²) in [5.74, 6) is 0.308. The molecular weight excluding hydrogens is 612 g/mol. The van der Waals surface area contributed by atoms with Crippen molar-refractivity contribution in [2.45, 2.75) is 63.3 Å². The summed E-state index contributed by atoms with van der Waals surface area (Å²) in [5, 5.41) is 0.694. The van der Waals surface area contributed by atoms with E-state index in [0.717, 1.165) is 97.6 Å². The first kappa shape index (κ1) is 33.9. The van der Waals surface area contributed by atoms with Crippen LogP contribution in [0.1, 0.15) is 48.2 Å². The molecule has 5 nitrogen and oxygen atoms in total. The maximum atomic E-state index is 13.4. The average Bonchev–Trinajstić information content (AvgIpc) is 3.55. The molecular formula is C36H40F4N4OS. The number of alkyl halides is 3. The number of hydrogen-bond donors (Lipinski definition) is 0. The normalized spacial score (nSPS) is 13.1. The van der Waals surface area contributed by atoms with Crippen molar-refractivity contribution in [2.75, 3.05) is 32.7 Å². The van der Waals surface area contributed by atoms with Crippen LogP contribution in [0, 0.1) is 5.82 Å². The second-order valence-electron chi connectivity index (χ2n) is 11.6. The molecule has 0 amide bonds. The average molecular weight is 653 g/mol. The van der Waals surface area contributed by atoms with E-state index < -0.39 is 11.7 Å². The lowest BCUT2D eigenvalue weighted by atomic mass is 10.0.